The fourth-order valence-electron chi connectivity index (χ4n) is 2.77. The Bertz CT molecular complexity index is 1050. The minimum atomic E-state index is -4.44. The zero-order valence-corrected chi connectivity index (χ0v) is 17.8. The van der Waals surface area contributed by atoms with E-state index in [2.05, 4.69) is 15.5 Å². The van der Waals surface area contributed by atoms with Gasteiger partial charge in [-0.25, -0.2) is 0 Å². The molecule has 10 heteroatoms. The van der Waals surface area contributed by atoms with Crippen molar-refractivity contribution in [1.82, 2.24) is 14.8 Å². The molecule has 1 aromatic heterocycles. The van der Waals surface area contributed by atoms with Gasteiger partial charge < -0.3 is 14.6 Å². The number of thioether (sulfide) groups is 1. The molecule has 0 spiro atoms. The molecule has 0 saturated carbocycles. The third-order valence-corrected chi connectivity index (χ3v) is 5.48. The summed E-state index contributed by atoms with van der Waals surface area (Å²) in [5.74, 6) is 0.478. The number of amides is 1. The summed E-state index contributed by atoms with van der Waals surface area (Å²) in [6.45, 7) is 1.96. The summed E-state index contributed by atoms with van der Waals surface area (Å²) < 4.78 is 45.5. The van der Waals surface area contributed by atoms with E-state index in [1.54, 1.807) is 11.6 Å². The number of para-hydroxylation sites is 1. The number of anilines is 1. The fourth-order valence-corrected chi connectivity index (χ4v) is 3.50. The Hall–Kier alpha value is -3.01. The molecule has 0 unspecified atom stereocenters. The minimum Gasteiger partial charge on any atom is -0.486 e. The van der Waals surface area contributed by atoms with Crippen LogP contribution in [0.3, 0.4) is 0 Å². The highest BCUT2D eigenvalue weighted by Gasteiger charge is 2.30. The average molecular weight is 450 g/mol. The molecule has 3 aromatic rings. The van der Waals surface area contributed by atoms with Crippen LogP contribution in [0.4, 0.5) is 18.9 Å². The van der Waals surface area contributed by atoms with Crippen molar-refractivity contribution in [3.63, 3.8) is 0 Å². The summed E-state index contributed by atoms with van der Waals surface area (Å²) in [5.41, 5.74) is 1.05. The smallest absolute Gasteiger partial charge is 0.416 e. The summed E-state index contributed by atoms with van der Waals surface area (Å²) in [5, 5.41) is 11.4. The predicted molar refractivity (Wildman–Crippen MR) is 112 cm³/mol. The molecule has 0 atom stereocenters. The van der Waals surface area contributed by atoms with Crippen LogP contribution in [0.2, 0.25) is 0 Å². The molecule has 0 radical (unpaired) electrons. The first-order valence-electron chi connectivity index (χ1n) is 9.46. The lowest BCUT2D eigenvalue weighted by atomic mass is 10.1. The van der Waals surface area contributed by atoms with Crippen molar-refractivity contribution in [2.24, 2.45) is 7.05 Å². The number of nitrogens with one attached hydrogen (secondary N) is 1. The number of hydrogen-bond acceptors (Lipinski definition) is 5. The van der Waals surface area contributed by atoms with Crippen molar-refractivity contribution in [3.05, 3.63) is 65.5 Å². The molecule has 0 aliphatic rings. The number of halogens is 3. The van der Waals surface area contributed by atoms with E-state index in [1.807, 2.05) is 31.2 Å². The summed E-state index contributed by atoms with van der Waals surface area (Å²) in [6.07, 6.45) is -3.63. The highest BCUT2D eigenvalue weighted by atomic mass is 32.2. The second-order valence-corrected chi connectivity index (χ2v) is 7.56. The summed E-state index contributed by atoms with van der Waals surface area (Å²) >= 11 is 1.21. The highest BCUT2D eigenvalue weighted by Crippen LogP contribution is 2.31. The first-order valence-corrected chi connectivity index (χ1v) is 10.5. The fraction of sp³-hybridized carbons (Fsp3) is 0.286. The number of aryl methyl sites for hydroxylation is 1. The molecule has 0 aliphatic carbocycles. The standard InChI is InChI=1S/C21H21F3N4O2S/c1-3-14-7-4-5-10-17(14)25-19(29)13-31-20-27-26-18(28(20)2)12-30-16-9-6-8-15(11-16)21(22,23)24/h4-11H,3,12-13H2,1-2H3,(H,25,29). The molecular formula is C21H21F3N4O2S. The number of nitrogens with zero attached hydrogens (tertiary/aromatic N) is 3. The van der Waals surface area contributed by atoms with Crippen molar-refractivity contribution in [1.29, 1.82) is 0 Å². The highest BCUT2D eigenvalue weighted by molar-refractivity contribution is 7.99. The van der Waals surface area contributed by atoms with Gasteiger partial charge in [0.1, 0.15) is 12.4 Å². The molecule has 1 N–H and O–H groups in total. The van der Waals surface area contributed by atoms with Crippen molar-refractivity contribution < 1.29 is 22.7 Å². The van der Waals surface area contributed by atoms with Gasteiger partial charge in [-0.2, -0.15) is 13.2 Å². The number of hydrogen-bond donors (Lipinski definition) is 1. The predicted octanol–water partition coefficient (Wildman–Crippen LogP) is 4.71. The molecular weight excluding hydrogens is 429 g/mol. The Morgan fingerprint density at radius 2 is 1.94 bits per heavy atom. The van der Waals surface area contributed by atoms with Crippen LogP contribution < -0.4 is 10.1 Å². The maximum absolute atomic E-state index is 12.8. The lowest BCUT2D eigenvalue weighted by Gasteiger charge is -2.10. The van der Waals surface area contributed by atoms with Gasteiger partial charge in [0.15, 0.2) is 11.0 Å². The Kier molecular flexibility index (Phi) is 7.21. The van der Waals surface area contributed by atoms with Crippen LogP contribution in [0.1, 0.15) is 23.9 Å². The molecule has 2 aromatic carbocycles. The maximum atomic E-state index is 12.8. The number of aromatic nitrogens is 3. The molecule has 0 aliphatic heterocycles. The molecule has 0 bridgehead atoms. The molecule has 3 rings (SSSR count). The van der Waals surface area contributed by atoms with E-state index >= 15 is 0 Å². The largest absolute Gasteiger partial charge is 0.486 e. The van der Waals surface area contributed by atoms with Crippen LogP contribution in [-0.4, -0.2) is 26.4 Å². The van der Waals surface area contributed by atoms with Gasteiger partial charge in [-0.15, -0.1) is 10.2 Å². The van der Waals surface area contributed by atoms with Crippen molar-refractivity contribution >= 4 is 23.4 Å². The SMILES string of the molecule is CCc1ccccc1NC(=O)CSc1nnc(COc2cccc(C(F)(F)F)c2)n1C. The molecule has 1 amide bonds. The second-order valence-electron chi connectivity index (χ2n) is 6.62. The van der Waals surface area contributed by atoms with Crippen LogP contribution >= 0.6 is 11.8 Å². The number of ether oxygens (including phenoxy) is 1. The van der Waals surface area contributed by atoms with E-state index in [1.165, 1.54) is 23.9 Å². The summed E-state index contributed by atoms with van der Waals surface area (Å²) in [6, 6.07) is 12.2. The topological polar surface area (TPSA) is 69.0 Å². The third-order valence-electron chi connectivity index (χ3n) is 4.46. The number of alkyl halides is 3. The Balaban J connectivity index is 1.56. The van der Waals surface area contributed by atoms with Gasteiger partial charge in [0.2, 0.25) is 5.91 Å². The quantitative estimate of drug-likeness (QED) is 0.504. The third kappa shape index (κ3) is 6.00. The van der Waals surface area contributed by atoms with Crippen LogP contribution in [0.25, 0.3) is 0 Å². The minimum absolute atomic E-state index is 0.0541. The van der Waals surface area contributed by atoms with Crippen molar-refractivity contribution in [2.45, 2.75) is 31.3 Å². The van der Waals surface area contributed by atoms with Gasteiger partial charge in [0.25, 0.3) is 0 Å². The normalized spacial score (nSPS) is 11.4. The zero-order valence-electron chi connectivity index (χ0n) is 16.9. The first-order chi connectivity index (χ1) is 14.8. The monoisotopic (exact) mass is 450 g/mol. The second kappa shape index (κ2) is 9.86. The van der Waals surface area contributed by atoms with E-state index < -0.39 is 11.7 Å². The average Bonchev–Trinajstić information content (AvgIpc) is 3.10. The van der Waals surface area contributed by atoms with Crippen molar-refractivity contribution in [3.8, 4) is 5.75 Å². The van der Waals surface area contributed by atoms with Gasteiger partial charge in [0, 0.05) is 12.7 Å². The Morgan fingerprint density at radius 1 is 1.16 bits per heavy atom. The number of rotatable bonds is 8. The van der Waals surface area contributed by atoms with Gasteiger partial charge in [-0.3, -0.25) is 4.79 Å². The van der Waals surface area contributed by atoms with Crippen molar-refractivity contribution in [2.75, 3.05) is 11.1 Å². The maximum Gasteiger partial charge on any atom is 0.416 e. The molecule has 0 fully saturated rings. The van der Waals surface area contributed by atoms with Gasteiger partial charge in [0.05, 0.1) is 11.3 Å². The number of carbonyl (C=O) groups is 1. The van der Waals surface area contributed by atoms with Crippen LogP contribution in [0, 0.1) is 0 Å². The van der Waals surface area contributed by atoms with Gasteiger partial charge >= 0.3 is 6.18 Å². The van der Waals surface area contributed by atoms with Gasteiger partial charge in [-0.05, 0) is 36.2 Å². The van der Waals surface area contributed by atoms with E-state index in [4.69, 9.17) is 4.74 Å². The van der Waals surface area contributed by atoms with Crippen LogP contribution in [0.15, 0.2) is 53.7 Å². The molecule has 31 heavy (non-hydrogen) atoms. The van der Waals surface area contributed by atoms with E-state index in [9.17, 15) is 18.0 Å². The number of carbonyl (C=O) groups excluding carboxylic acids is 1. The summed E-state index contributed by atoms with van der Waals surface area (Å²) in [7, 11) is 1.71. The lowest BCUT2D eigenvalue weighted by molar-refractivity contribution is -0.137. The molecule has 1 heterocycles. The lowest BCUT2D eigenvalue weighted by Crippen LogP contribution is -2.15. The molecule has 6 nitrogen and oxygen atoms in total. The number of benzene rings is 2. The van der Waals surface area contributed by atoms with E-state index in [-0.39, 0.29) is 24.0 Å². The molecule has 0 saturated heterocycles. The van der Waals surface area contributed by atoms with Gasteiger partial charge in [-0.1, -0.05) is 43.0 Å². The molecule has 164 valence electrons. The zero-order chi connectivity index (χ0) is 22.4. The summed E-state index contributed by atoms with van der Waals surface area (Å²) in [4.78, 5) is 12.3. The Morgan fingerprint density at radius 3 is 2.68 bits per heavy atom. The van der Waals surface area contributed by atoms with Crippen LogP contribution in [0.5, 0.6) is 5.75 Å². The van der Waals surface area contributed by atoms with E-state index in [0.717, 1.165) is 29.8 Å². The first kappa shape index (κ1) is 22.7. The van der Waals surface area contributed by atoms with Crippen LogP contribution in [-0.2, 0) is 31.0 Å². The van der Waals surface area contributed by atoms with E-state index in [0.29, 0.717) is 11.0 Å². The Labute approximate surface area is 181 Å².